The van der Waals surface area contributed by atoms with Gasteiger partial charge >= 0.3 is 0 Å². The molecule has 0 saturated carbocycles. The molecule has 0 radical (unpaired) electrons. The second-order valence-corrected chi connectivity index (χ2v) is 17.2. The van der Waals surface area contributed by atoms with Crippen LogP contribution in [0, 0.1) is 0 Å². The fourth-order valence-corrected chi connectivity index (χ4v) is 8.80. The molecule has 4 N–H and O–H groups in total. The molecule has 14 nitrogen and oxygen atoms in total. The number of carbonyl (C=O) groups excluding carboxylic acids is 4. The molecule has 4 atom stereocenters. The number of likely N-dealkylation sites (tertiary alicyclic amines) is 2. The summed E-state index contributed by atoms with van der Waals surface area (Å²) in [5.74, 6) is 0.727. The third-order valence-corrected chi connectivity index (χ3v) is 11.9. The number of aromatic amines is 2. The highest BCUT2D eigenvalue weighted by molar-refractivity contribution is 5.90. The third-order valence-electron chi connectivity index (χ3n) is 11.9. The monoisotopic (exact) mass is 860 g/mol. The first-order chi connectivity index (χ1) is 31.0. The fourth-order valence-electron chi connectivity index (χ4n) is 8.80. The molecule has 0 aliphatic carbocycles. The number of hydrogen-bond acceptors (Lipinski definition) is 8. The van der Waals surface area contributed by atoms with Crippen LogP contribution in [0.5, 0.6) is 0 Å². The molecule has 6 aromatic rings. The van der Waals surface area contributed by atoms with E-state index in [-0.39, 0.29) is 48.8 Å². The molecular formula is C50H56N10O4. The Hall–Kier alpha value is -6.90. The molecular weight excluding hydrogens is 805 g/mol. The van der Waals surface area contributed by atoms with Crippen LogP contribution in [0.4, 0.5) is 0 Å². The summed E-state index contributed by atoms with van der Waals surface area (Å²) in [6.07, 6.45) is 6.85. The predicted molar refractivity (Wildman–Crippen MR) is 246 cm³/mol. The van der Waals surface area contributed by atoms with Crippen molar-refractivity contribution in [1.29, 1.82) is 0 Å². The molecule has 64 heavy (non-hydrogen) atoms. The number of rotatable bonds is 15. The van der Waals surface area contributed by atoms with E-state index < -0.39 is 12.1 Å². The van der Waals surface area contributed by atoms with Crippen molar-refractivity contribution in [3.05, 3.63) is 144 Å². The molecule has 2 aromatic heterocycles. The van der Waals surface area contributed by atoms with E-state index in [1.165, 1.54) is 0 Å². The lowest BCUT2D eigenvalue weighted by Crippen LogP contribution is -2.45. The van der Waals surface area contributed by atoms with E-state index in [1.807, 2.05) is 111 Å². The summed E-state index contributed by atoms with van der Waals surface area (Å²) < 4.78 is 0. The van der Waals surface area contributed by atoms with Crippen LogP contribution >= 0.6 is 0 Å². The van der Waals surface area contributed by atoms with Crippen LogP contribution in [0.25, 0.3) is 33.6 Å². The van der Waals surface area contributed by atoms with E-state index in [9.17, 15) is 19.2 Å². The highest BCUT2D eigenvalue weighted by Crippen LogP contribution is 2.36. The van der Waals surface area contributed by atoms with Gasteiger partial charge in [0, 0.05) is 13.1 Å². The van der Waals surface area contributed by atoms with Gasteiger partial charge in [-0.15, -0.1) is 0 Å². The van der Waals surface area contributed by atoms with E-state index in [4.69, 9.17) is 9.97 Å². The third kappa shape index (κ3) is 9.98. The van der Waals surface area contributed by atoms with Gasteiger partial charge in [0.25, 0.3) is 0 Å². The number of H-pyrrole nitrogens is 2. The van der Waals surface area contributed by atoms with Crippen LogP contribution in [0.3, 0.4) is 0 Å². The minimum atomic E-state index is -0.795. The van der Waals surface area contributed by atoms with Crippen molar-refractivity contribution in [2.45, 2.75) is 49.9 Å². The maximum Gasteiger partial charge on any atom is 0.250 e. The molecule has 2 aliphatic rings. The van der Waals surface area contributed by atoms with Crippen molar-refractivity contribution in [2.24, 2.45) is 0 Å². The molecule has 2 aliphatic heterocycles. The normalized spacial score (nSPS) is 17.2. The molecule has 4 heterocycles. The van der Waals surface area contributed by atoms with E-state index in [2.05, 4.69) is 69.1 Å². The Kier molecular flexibility index (Phi) is 13.4. The van der Waals surface area contributed by atoms with Gasteiger partial charge in [-0.25, -0.2) is 9.97 Å². The van der Waals surface area contributed by atoms with Gasteiger partial charge in [0.05, 0.1) is 49.0 Å². The zero-order valence-electron chi connectivity index (χ0n) is 36.8. The Bertz CT molecular complexity index is 2360. The van der Waals surface area contributed by atoms with Crippen molar-refractivity contribution in [3.63, 3.8) is 0 Å². The zero-order chi connectivity index (χ0) is 44.7. The Morgan fingerprint density at radius 2 is 0.922 bits per heavy atom. The van der Waals surface area contributed by atoms with Gasteiger partial charge in [0.1, 0.15) is 23.7 Å². The molecule has 2 fully saturated rings. The van der Waals surface area contributed by atoms with Gasteiger partial charge in [-0.3, -0.25) is 19.2 Å². The minimum absolute atomic E-state index is 0.147. The number of carbonyl (C=O) groups is 4. The van der Waals surface area contributed by atoms with Crippen molar-refractivity contribution >= 4 is 23.6 Å². The lowest BCUT2D eigenvalue weighted by atomic mass is 10.0. The summed E-state index contributed by atoms with van der Waals surface area (Å²) in [7, 11) is 7.30. The Balaban J connectivity index is 0.922. The van der Waals surface area contributed by atoms with E-state index in [0.717, 1.165) is 82.1 Å². The summed E-state index contributed by atoms with van der Waals surface area (Å²) in [6, 6.07) is 33.3. The smallest absolute Gasteiger partial charge is 0.250 e. The lowest BCUT2D eigenvalue weighted by molar-refractivity contribution is -0.138. The van der Waals surface area contributed by atoms with Crippen molar-refractivity contribution < 1.29 is 19.2 Å². The molecule has 0 spiro atoms. The van der Waals surface area contributed by atoms with Gasteiger partial charge in [-0.1, -0.05) is 109 Å². The molecule has 4 amide bonds. The van der Waals surface area contributed by atoms with Crippen LogP contribution in [0.1, 0.15) is 72.6 Å². The van der Waals surface area contributed by atoms with Gasteiger partial charge < -0.3 is 40.2 Å². The number of aromatic nitrogens is 4. The molecule has 14 heteroatoms. The molecule has 2 saturated heterocycles. The van der Waals surface area contributed by atoms with Crippen LogP contribution in [0.2, 0.25) is 0 Å². The maximum atomic E-state index is 14.1. The molecule has 8 rings (SSSR count). The van der Waals surface area contributed by atoms with Gasteiger partial charge in [-0.05, 0) is 87.3 Å². The number of amides is 4. The summed E-state index contributed by atoms with van der Waals surface area (Å²) in [5, 5.41) is 5.95. The topological polar surface area (TPSA) is 163 Å². The first-order valence-corrected chi connectivity index (χ1v) is 21.9. The van der Waals surface area contributed by atoms with Gasteiger partial charge in [0.15, 0.2) is 0 Å². The summed E-state index contributed by atoms with van der Waals surface area (Å²) in [5.41, 5.74) is 7.27. The Morgan fingerprint density at radius 1 is 0.562 bits per heavy atom. The number of hydrogen-bond donors (Lipinski definition) is 4. The van der Waals surface area contributed by atoms with Crippen molar-refractivity contribution in [3.8, 4) is 33.6 Å². The van der Waals surface area contributed by atoms with Crippen molar-refractivity contribution in [2.75, 3.05) is 54.4 Å². The molecule has 330 valence electrons. The number of benzene rings is 4. The predicted octanol–water partition coefficient (Wildman–Crippen LogP) is 6.30. The van der Waals surface area contributed by atoms with E-state index in [0.29, 0.717) is 13.1 Å². The maximum absolute atomic E-state index is 14.1. The standard InChI is InChI=1S/C50H56N10O4/c1-57(2)31-43(61)55-45(37-13-7-5-8-14-37)49(63)59-27-11-17-41(59)47-51-29-39(53-47)35-23-19-33(20-24-35)34-21-25-36(26-22-34)40-30-52-48(54-40)42-18-12-28-60(42)50(64)46(38-15-9-6-10-16-38)56-44(62)32-58(3)4/h5-10,13-16,19-26,29-30,41-42,45-46H,11-12,17-18,27-28,31-32H2,1-4H3,(H,51,53)(H,52,54)(H,55,61)(H,56,62)/t41-,42-,45?,46?/m1/s1. The van der Waals surface area contributed by atoms with Crippen molar-refractivity contribution in [1.82, 2.24) is 50.2 Å². The summed E-state index contributed by atoms with van der Waals surface area (Å²) in [4.78, 5) is 77.7. The quantitative estimate of drug-likeness (QED) is 0.0936. The Morgan fingerprint density at radius 3 is 1.28 bits per heavy atom. The Labute approximate surface area is 374 Å². The fraction of sp³-hybridized carbons (Fsp3) is 0.320. The number of likely N-dealkylation sites (N-methyl/N-ethyl adjacent to an activating group) is 2. The van der Waals surface area contributed by atoms with Crippen LogP contribution in [-0.2, 0) is 19.2 Å². The average molecular weight is 861 g/mol. The van der Waals surface area contributed by atoms with E-state index >= 15 is 0 Å². The number of nitrogens with one attached hydrogen (secondary N) is 4. The minimum Gasteiger partial charge on any atom is -0.340 e. The molecule has 2 unspecified atom stereocenters. The number of nitrogens with zero attached hydrogens (tertiary/aromatic N) is 6. The summed E-state index contributed by atoms with van der Waals surface area (Å²) in [6.45, 7) is 1.53. The molecule has 4 aromatic carbocycles. The second-order valence-electron chi connectivity index (χ2n) is 17.2. The SMILES string of the molecule is CN(C)CC(=O)NC(C(=O)N1CCC[C@@H]1c1ncc(-c2ccc(-c3ccc(-c4cnc([C@H]5CCCN5C(=O)C(NC(=O)CN(C)C)c5ccccc5)[nH]4)cc3)cc2)[nH]1)c1ccccc1. The molecule has 0 bridgehead atoms. The van der Waals surface area contributed by atoms with Gasteiger partial charge in [-0.2, -0.15) is 0 Å². The first kappa shape index (κ1) is 43.7. The van der Waals surface area contributed by atoms with Crippen LogP contribution < -0.4 is 10.6 Å². The highest BCUT2D eigenvalue weighted by atomic mass is 16.2. The first-order valence-electron chi connectivity index (χ1n) is 21.9. The number of imidazole rings is 2. The second kappa shape index (κ2) is 19.7. The van der Waals surface area contributed by atoms with E-state index in [1.54, 1.807) is 9.80 Å². The summed E-state index contributed by atoms with van der Waals surface area (Å²) >= 11 is 0. The zero-order valence-corrected chi connectivity index (χ0v) is 36.8. The largest absolute Gasteiger partial charge is 0.340 e. The average Bonchev–Trinajstić information content (AvgIpc) is 4.15. The van der Waals surface area contributed by atoms with Crippen LogP contribution in [-0.4, -0.2) is 118 Å². The lowest BCUT2D eigenvalue weighted by Gasteiger charge is -2.29. The van der Waals surface area contributed by atoms with Crippen LogP contribution in [0.15, 0.2) is 122 Å². The van der Waals surface area contributed by atoms with Gasteiger partial charge in [0.2, 0.25) is 23.6 Å². The highest BCUT2D eigenvalue weighted by Gasteiger charge is 2.38.